The van der Waals surface area contributed by atoms with E-state index in [2.05, 4.69) is 6.08 Å². The molecule has 6 nitrogen and oxygen atoms in total. The summed E-state index contributed by atoms with van der Waals surface area (Å²) in [6, 6.07) is 10.2. The molecule has 1 aliphatic heterocycles. The van der Waals surface area contributed by atoms with Gasteiger partial charge in [-0.25, -0.2) is 4.79 Å². The highest BCUT2D eigenvalue weighted by atomic mass is 32.1. The Morgan fingerprint density at radius 3 is 2.58 bits per heavy atom. The molecule has 0 spiro atoms. The fraction of sp³-hybridized carbons (Fsp3) is 0.423. The Morgan fingerprint density at radius 1 is 1.09 bits per heavy atom. The Labute approximate surface area is 198 Å². The number of allylic oxidation sites excluding steroid dienone is 1. The predicted octanol–water partition coefficient (Wildman–Crippen LogP) is 4.97. The molecule has 0 saturated carbocycles. The van der Waals surface area contributed by atoms with Crippen molar-refractivity contribution in [1.82, 2.24) is 9.80 Å². The van der Waals surface area contributed by atoms with E-state index in [0.29, 0.717) is 38.0 Å². The van der Waals surface area contributed by atoms with Crippen LogP contribution in [0.4, 0.5) is 0 Å². The predicted molar refractivity (Wildman–Crippen MR) is 128 cm³/mol. The van der Waals surface area contributed by atoms with E-state index in [4.69, 9.17) is 0 Å². The van der Waals surface area contributed by atoms with Crippen molar-refractivity contribution in [3.63, 3.8) is 0 Å². The van der Waals surface area contributed by atoms with Crippen molar-refractivity contribution < 1.29 is 19.5 Å². The van der Waals surface area contributed by atoms with Gasteiger partial charge in [-0.05, 0) is 74.1 Å². The van der Waals surface area contributed by atoms with Gasteiger partial charge in [0.15, 0.2) is 0 Å². The summed E-state index contributed by atoms with van der Waals surface area (Å²) < 4.78 is 0. The fourth-order valence-electron chi connectivity index (χ4n) is 4.62. The lowest BCUT2D eigenvalue weighted by Crippen LogP contribution is -2.40. The van der Waals surface area contributed by atoms with Crippen LogP contribution in [0.25, 0.3) is 0 Å². The topological polar surface area (TPSA) is 77.9 Å². The average molecular weight is 467 g/mol. The molecule has 33 heavy (non-hydrogen) atoms. The number of aliphatic carboxylic acids is 1. The molecular formula is C26H30N2O4S. The van der Waals surface area contributed by atoms with Crippen molar-refractivity contribution in [2.45, 2.75) is 57.5 Å². The van der Waals surface area contributed by atoms with E-state index < -0.39 is 12.0 Å². The molecule has 0 unspecified atom stereocenters. The number of carbonyl (C=O) groups is 3. The second kappa shape index (κ2) is 10.8. The highest BCUT2D eigenvalue weighted by Gasteiger charge is 2.34. The minimum atomic E-state index is -0.951. The number of thiophene rings is 1. The van der Waals surface area contributed by atoms with Crippen LogP contribution in [0.5, 0.6) is 0 Å². The third kappa shape index (κ3) is 5.71. The monoisotopic (exact) mass is 466 g/mol. The van der Waals surface area contributed by atoms with Crippen LogP contribution in [0.2, 0.25) is 0 Å². The number of hydrogen-bond donors (Lipinski definition) is 1. The molecule has 2 heterocycles. The summed E-state index contributed by atoms with van der Waals surface area (Å²) in [4.78, 5) is 41.5. The summed E-state index contributed by atoms with van der Waals surface area (Å²) >= 11 is 1.45. The second-order valence-corrected chi connectivity index (χ2v) is 9.70. The number of carboxylic acids is 1. The molecule has 1 N–H and O–H groups in total. The fourth-order valence-corrected chi connectivity index (χ4v) is 5.32. The first-order valence-corrected chi connectivity index (χ1v) is 12.5. The molecule has 0 radical (unpaired) electrons. The van der Waals surface area contributed by atoms with Crippen LogP contribution in [0, 0.1) is 0 Å². The van der Waals surface area contributed by atoms with Crippen LogP contribution in [0.15, 0.2) is 53.4 Å². The van der Waals surface area contributed by atoms with E-state index in [1.165, 1.54) is 34.7 Å². The van der Waals surface area contributed by atoms with E-state index in [0.717, 1.165) is 29.7 Å². The molecule has 2 aromatic rings. The third-order valence-electron chi connectivity index (χ3n) is 6.48. The lowest BCUT2D eigenvalue weighted by atomic mass is 9.97. The zero-order chi connectivity index (χ0) is 23.2. The van der Waals surface area contributed by atoms with Crippen LogP contribution in [0.1, 0.15) is 70.5 Å². The van der Waals surface area contributed by atoms with Gasteiger partial charge in [0.2, 0.25) is 0 Å². The highest BCUT2D eigenvalue weighted by molar-refractivity contribution is 7.12. The van der Waals surface area contributed by atoms with Crippen LogP contribution in [0.3, 0.4) is 0 Å². The van der Waals surface area contributed by atoms with Crippen molar-refractivity contribution in [3.8, 4) is 0 Å². The molecule has 1 aromatic heterocycles. The third-order valence-corrected chi connectivity index (χ3v) is 7.34. The van der Waals surface area contributed by atoms with Gasteiger partial charge in [0.05, 0.1) is 4.88 Å². The van der Waals surface area contributed by atoms with Gasteiger partial charge in [0.25, 0.3) is 11.8 Å². The summed E-state index contributed by atoms with van der Waals surface area (Å²) in [7, 11) is 0. The molecule has 4 rings (SSSR count). The van der Waals surface area contributed by atoms with Crippen LogP contribution in [-0.2, 0) is 11.3 Å². The zero-order valence-electron chi connectivity index (χ0n) is 18.7. The summed E-state index contributed by atoms with van der Waals surface area (Å²) in [5, 5.41) is 11.3. The quantitative estimate of drug-likeness (QED) is 0.557. The largest absolute Gasteiger partial charge is 0.480 e. The summed E-state index contributed by atoms with van der Waals surface area (Å²) in [5.41, 5.74) is 2.87. The van der Waals surface area contributed by atoms with Gasteiger partial charge in [-0.3, -0.25) is 9.59 Å². The van der Waals surface area contributed by atoms with Gasteiger partial charge in [0.1, 0.15) is 6.04 Å². The number of rotatable bonds is 8. The maximum Gasteiger partial charge on any atom is 0.326 e. The molecule has 7 heteroatoms. The number of carboxylic acid groups (broad SMARTS) is 1. The van der Waals surface area contributed by atoms with E-state index in [-0.39, 0.29) is 11.8 Å². The Balaban J connectivity index is 1.45. The molecule has 1 aromatic carbocycles. The highest BCUT2D eigenvalue weighted by Crippen LogP contribution is 2.23. The van der Waals surface area contributed by atoms with E-state index in [1.807, 2.05) is 34.5 Å². The molecule has 2 amide bonds. The minimum Gasteiger partial charge on any atom is -0.480 e. The standard InChI is InChI=1S/C26H30N2O4S/c29-24(28-15-4-8-22(28)26(31)32)21-12-10-20(11-13-21)18-27(25(30)23-9-5-17-33-23)16-14-19-6-2-1-3-7-19/h5-6,9-13,17,22H,1-4,7-8,14-16,18H2,(H,31,32)/t22-/m1/s1. The lowest BCUT2D eigenvalue weighted by molar-refractivity contribution is -0.141. The van der Waals surface area contributed by atoms with Gasteiger partial charge in [-0.15, -0.1) is 11.3 Å². The van der Waals surface area contributed by atoms with Crippen molar-refractivity contribution in [2.75, 3.05) is 13.1 Å². The molecule has 1 aliphatic carbocycles. The van der Waals surface area contributed by atoms with Crippen molar-refractivity contribution >= 4 is 29.1 Å². The van der Waals surface area contributed by atoms with Crippen molar-refractivity contribution in [2.24, 2.45) is 0 Å². The minimum absolute atomic E-state index is 0.0305. The number of amides is 2. The number of hydrogen-bond acceptors (Lipinski definition) is 4. The molecule has 174 valence electrons. The Morgan fingerprint density at radius 2 is 1.91 bits per heavy atom. The van der Waals surface area contributed by atoms with Gasteiger partial charge < -0.3 is 14.9 Å². The Bertz CT molecular complexity index is 1010. The molecule has 1 fully saturated rings. The first-order chi connectivity index (χ1) is 16.0. The van der Waals surface area contributed by atoms with Gasteiger partial charge in [-0.2, -0.15) is 0 Å². The zero-order valence-corrected chi connectivity index (χ0v) is 19.6. The van der Waals surface area contributed by atoms with Crippen LogP contribution in [-0.4, -0.2) is 51.8 Å². The first kappa shape index (κ1) is 23.2. The van der Waals surface area contributed by atoms with E-state index in [9.17, 15) is 19.5 Å². The maximum absolute atomic E-state index is 13.1. The second-order valence-electron chi connectivity index (χ2n) is 8.75. The van der Waals surface area contributed by atoms with Gasteiger partial charge in [0, 0.05) is 25.2 Å². The molecular weight excluding hydrogens is 436 g/mol. The molecule has 1 atom stereocenters. The lowest BCUT2D eigenvalue weighted by Gasteiger charge is -2.24. The number of carbonyl (C=O) groups excluding carboxylic acids is 2. The first-order valence-electron chi connectivity index (χ1n) is 11.7. The van der Waals surface area contributed by atoms with Crippen LogP contribution >= 0.6 is 11.3 Å². The number of nitrogens with zero attached hydrogens (tertiary/aromatic N) is 2. The smallest absolute Gasteiger partial charge is 0.326 e. The van der Waals surface area contributed by atoms with Gasteiger partial charge in [-0.1, -0.05) is 29.8 Å². The van der Waals surface area contributed by atoms with Crippen molar-refractivity contribution in [1.29, 1.82) is 0 Å². The molecule has 2 aliphatic rings. The summed E-state index contributed by atoms with van der Waals surface area (Å²) in [5.74, 6) is -1.17. The SMILES string of the molecule is O=C(O)[C@H]1CCCN1C(=O)c1ccc(CN(CCC2=CCCCC2)C(=O)c2cccs2)cc1. The van der Waals surface area contributed by atoms with Crippen LogP contribution < -0.4 is 0 Å². The normalized spacial score (nSPS) is 18.1. The van der Waals surface area contributed by atoms with Crippen molar-refractivity contribution in [3.05, 3.63) is 69.4 Å². The Kier molecular flexibility index (Phi) is 7.60. The van der Waals surface area contributed by atoms with E-state index in [1.54, 1.807) is 12.1 Å². The van der Waals surface area contributed by atoms with E-state index >= 15 is 0 Å². The number of likely N-dealkylation sites (tertiary alicyclic amines) is 1. The molecule has 0 bridgehead atoms. The summed E-state index contributed by atoms with van der Waals surface area (Å²) in [6.07, 6.45) is 9.12. The average Bonchev–Trinajstić information content (AvgIpc) is 3.54. The maximum atomic E-state index is 13.1. The van der Waals surface area contributed by atoms with Gasteiger partial charge >= 0.3 is 5.97 Å². The summed E-state index contributed by atoms with van der Waals surface area (Å²) in [6.45, 7) is 1.60. The molecule has 1 saturated heterocycles. The number of benzene rings is 1. The Hall–Kier alpha value is -2.93.